The summed E-state index contributed by atoms with van der Waals surface area (Å²) in [5.41, 5.74) is 13.8. The number of rotatable bonds is 21. The summed E-state index contributed by atoms with van der Waals surface area (Å²) < 4.78 is 16.1. The van der Waals surface area contributed by atoms with Crippen LogP contribution in [0.4, 0.5) is 0 Å². The second kappa shape index (κ2) is 25.8. The van der Waals surface area contributed by atoms with Crippen LogP contribution in [-0.2, 0) is 22.2 Å². The van der Waals surface area contributed by atoms with Gasteiger partial charge in [-0.05, 0) is 80.2 Å². The van der Waals surface area contributed by atoms with Crippen molar-refractivity contribution in [1.29, 1.82) is 0 Å². The normalized spacial score (nSPS) is 15.5. The highest BCUT2D eigenvalue weighted by molar-refractivity contribution is 6.93. The lowest BCUT2D eigenvalue weighted by atomic mass is 9.45. The molecule has 0 amide bonds. The molecule has 2 aliphatic rings. The molecule has 3 heterocycles. The lowest BCUT2D eigenvalue weighted by Gasteiger charge is -2.47. The second-order valence-corrected chi connectivity index (χ2v) is 18.1. The molecule has 7 heteroatoms. The lowest BCUT2D eigenvalue weighted by molar-refractivity contribution is -0.929. The third kappa shape index (κ3) is 11.9. The number of benzene rings is 4. The fourth-order valence-electron chi connectivity index (χ4n) is 10.2. The summed E-state index contributed by atoms with van der Waals surface area (Å²) in [5, 5.41) is 0. The molecule has 2 N–H and O–H groups in total. The van der Waals surface area contributed by atoms with Crippen molar-refractivity contribution in [1.82, 2.24) is 4.98 Å². The number of hydrogen-bond donors (Lipinski definition) is 2. The molecule has 0 atom stereocenters. The van der Waals surface area contributed by atoms with Gasteiger partial charge in [0.1, 0.15) is 5.76 Å². The monoisotopic (exact) mass is 908 g/mol. The van der Waals surface area contributed by atoms with Crippen LogP contribution in [0.2, 0.25) is 0 Å². The molecular weight excluding hydrogens is 829 g/mol. The maximum Gasteiger partial charge on any atom is 0.406 e. The van der Waals surface area contributed by atoms with Crippen LogP contribution in [0.3, 0.4) is 0 Å². The van der Waals surface area contributed by atoms with Crippen molar-refractivity contribution >= 4 is 28.9 Å². The summed E-state index contributed by atoms with van der Waals surface area (Å²) in [6.07, 6.45) is 16.7. The van der Waals surface area contributed by atoms with Crippen LogP contribution < -0.4 is 28.3 Å². The van der Waals surface area contributed by atoms with Crippen molar-refractivity contribution in [2.75, 3.05) is 26.2 Å². The van der Waals surface area contributed by atoms with E-state index in [2.05, 4.69) is 181 Å². The highest BCUT2D eigenvalue weighted by atomic mass is 35.5. The fraction of sp³-hybridized carbons (Fsp3) is 0.407. The minimum Gasteiger partial charge on any atom is -1.00 e. The number of nitrogens with zero attached hydrogens (tertiary/aromatic N) is 1. The summed E-state index contributed by atoms with van der Waals surface area (Å²) >= 11 is 0. The number of aromatic nitrogens is 1. The third-order valence-electron chi connectivity index (χ3n) is 13.7. The SMILES string of the molecule is CCC1=C(CC)/C(=C2/C=C(c3[nH]c(-c4ccccc4)c(CC)c3CC)O[B-](c3ccccc3)(c3ccccc3)O2)[NH+]=C1c1ccccc1.CCCC[N+](CCCC)(CCCC)CCCC.[Cl-]. The predicted molar refractivity (Wildman–Crippen MR) is 279 cm³/mol. The van der Waals surface area contributed by atoms with Crippen LogP contribution in [0, 0.1) is 0 Å². The van der Waals surface area contributed by atoms with E-state index in [1.54, 1.807) is 0 Å². The van der Waals surface area contributed by atoms with Gasteiger partial charge in [0.05, 0.1) is 37.6 Å². The van der Waals surface area contributed by atoms with Gasteiger partial charge in [-0.15, -0.1) is 10.9 Å². The molecule has 0 saturated carbocycles. The van der Waals surface area contributed by atoms with Gasteiger partial charge in [0.15, 0.2) is 0 Å². The van der Waals surface area contributed by atoms with Gasteiger partial charge in [-0.2, -0.15) is 0 Å². The third-order valence-corrected chi connectivity index (χ3v) is 13.7. The lowest BCUT2D eigenvalue weighted by Crippen LogP contribution is -3.00. The quantitative estimate of drug-likeness (QED) is 0.0570. The van der Waals surface area contributed by atoms with Crippen molar-refractivity contribution in [3.05, 3.63) is 172 Å². The molecule has 2 aliphatic heterocycles. The van der Waals surface area contributed by atoms with E-state index in [9.17, 15) is 0 Å². The molecule has 0 unspecified atom stereocenters. The summed E-state index contributed by atoms with van der Waals surface area (Å²) in [7, 11) is 0. The van der Waals surface area contributed by atoms with Crippen molar-refractivity contribution in [2.45, 2.75) is 132 Å². The van der Waals surface area contributed by atoms with E-state index in [0.717, 1.165) is 70.9 Å². The van der Waals surface area contributed by atoms with E-state index in [0.29, 0.717) is 0 Å². The van der Waals surface area contributed by atoms with Gasteiger partial charge in [0.2, 0.25) is 11.4 Å². The molecule has 0 fully saturated rings. The first kappa shape index (κ1) is 51.9. The molecular formula is C59H79BClN3O2. The summed E-state index contributed by atoms with van der Waals surface area (Å²) in [5.74, 6) is 1.57. The van der Waals surface area contributed by atoms with E-state index in [-0.39, 0.29) is 12.4 Å². The van der Waals surface area contributed by atoms with Gasteiger partial charge >= 0.3 is 6.55 Å². The number of allylic oxidation sites excluding steroid dienone is 3. The van der Waals surface area contributed by atoms with Crippen LogP contribution in [0.15, 0.2) is 150 Å². The van der Waals surface area contributed by atoms with Gasteiger partial charge in [-0.1, -0.05) is 190 Å². The van der Waals surface area contributed by atoms with Crippen molar-refractivity contribution < 1.29 is 31.2 Å². The predicted octanol–water partition coefficient (Wildman–Crippen LogP) is 9.37. The van der Waals surface area contributed by atoms with Crippen LogP contribution in [-0.4, -0.2) is 47.9 Å². The minimum absolute atomic E-state index is 0. The van der Waals surface area contributed by atoms with Crippen LogP contribution in [0.25, 0.3) is 17.0 Å². The Bertz CT molecular complexity index is 2290. The Balaban J connectivity index is 0.000000388. The molecule has 5 aromatic rings. The summed E-state index contributed by atoms with van der Waals surface area (Å²) in [6, 6.07) is 42.1. The van der Waals surface area contributed by atoms with Gasteiger partial charge in [0.25, 0.3) is 0 Å². The Labute approximate surface area is 405 Å². The maximum absolute atomic E-state index is 7.33. The van der Waals surface area contributed by atoms with Gasteiger partial charge < -0.3 is 31.2 Å². The molecule has 0 aliphatic carbocycles. The van der Waals surface area contributed by atoms with Crippen molar-refractivity contribution in [2.24, 2.45) is 0 Å². The highest BCUT2D eigenvalue weighted by Gasteiger charge is 2.43. The summed E-state index contributed by atoms with van der Waals surface area (Å²) in [4.78, 5) is 7.74. The van der Waals surface area contributed by atoms with E-state index < -0.39 is 6.55 Å². The minimum atomic E-state index is -2.18. The Kier molecular flexibility index (Phi) is 20.3. The number of H-pyrrole nitrogens is 1. The van der Waals surface area contributed by atoms with Crippen LogP contribution in [0.5, 0.6) is 0 Å². The smallest absolute Gasteiger partial charge is 0.406 e. The zero-order valence-electron chi connectivity index (χ0n) is 41.7. The highest BCUT2D eigenvalue weighted by Crippen LogP contribution is 2.39. The van der Waals surface area contributed by atoms with E-state index in [1.165, 1.54) is 115 Å². The molecule has 352 valence electrons. The first-order chi connectivity index (χ1) is 31.9. The van der Waals surface area contributed by atoms with Crippen molar-refractivity contribution in [3.63, 3.8) is 0 Å². The molecule has 7 rings (SSSR count). The molecule has 0 radical (unpaired) electrons. The number of nitrogens with one attached hydrogen (secondary N) is 2. The standard InChI is InChI=1S/C43H42BN2O2.C16H36N.ClH/c1-5-34-36(7-3)42(45-40(34)30-21-13-9-14-22-30)38-29-39(43-37(8-4)35(6-2)41(46-43)31-23-15-10-16-24-31)48-44(47-38,32-25-17-11-18-26-32)33-27-19-12-20-28-33;1-5-9-13-17(14-10-6-2,15-11-7-3)16-12-8-4;/h9-29,45H,5-8H2,1-4H3;5-16H2,1-4H3;1H/q-1;+1;/b43-39+;;. The Morgan fingerprint density at radius 3 is 1.33 bits per heavy atom. The number of unbranched alkanes of at least 4 members (excludes halogenated alkanes) is 4. The van der Waals surface area contributed by atoms with E-state index >= 15 is 0 Å². The number of aromatic amines is 1. The number of hydrogen-bond acceptors (Lipinski definition) is 2. The molecule has 4 aromatic carbocycles. The molecule has 0 spiro atoms. The van der Waals surface area contributed by atoms with Gasteiger partial charge in [-0.3, -0.25) is 0 Å². The average Bonchev–Trinajstić information content (AvgIpc) is 3.96. The molecule has 0 saturated heterocycles. The van der Waals surface area contributed by atoms with E-state index in [1.807, 2.05) is 12.1 Å². The Hall–Kier alpha value is -5.04. The Morgan fingerprint density at radius 2 is 0.909 bits per heavy atom. The molecule has 1 aromatic heterocycles. The zero-order chi connectivity index (χ0) is 46.1. The van der Waals surface area contributed by atoms with Crippen LogP contribution in [0.1, 0.15) is 142 Å². The van der Waals surface area contributed by atoms with Gasteiger partial charge in [0, 0.05) is 28.5 Å². The average molecular weight is 909 g/mol. The Morgan fingerprint density at radius 1 is 0.485 bits per heavy atom. The second-order valence-electron chi connectivity index (χ2n) is 18.1. The summed E-state index contributed by atoms with van der Waals surface area (Å²) in [6.45, 7) is 21.8. The van der Waals surface area contributed by atoms with Crippen LogP contribution >= 0.6 is 0 Å². The maximum atomic E-state index is 7.33. The number of quaternary nitrogens is 1. The van der Waals surface area contributed by atoms with Crippen molar-refractivity contribution in [3.8, 4) is 11.3 Å². The fourth-order valence-corrected chi connectivity index (χ4v) is 10.2. The molecule has 66 heavy (non-hydrogen) atoms. The molecule has 0 bridgehead atoms. The van der Waals surface area contributed by atoms with E-state index in [4.69, 9.17) is 9.31 Å². The molecule has 5 nitrogen and oxygen atoms in total. The van der Waals surface area contributed by atoms with Gasteiger partial charge in [-0.25, -0.2) is 4.99 Å². The first-order valence-electron chi connectivity index (χ1n) is 25.5. The topological polar surface area (TPSA) is 48.2 Å². The zero-order valence-corrected chi connectivity index (χ0v) is 42.4. The largest absolute Gasteiger partial charge is 1.00 e. The number of halogens is 1. The first-order valence-corrected chi connectivity index (χ1v) is 25.5.